The standard InChI is InChI=1S/C18H22O/c1-2-3-4-5-6-7-9-14-18(16-19)15-17-12-10-8-11-13-17/h2,8,10-13,15,19H,1,3-7,16H2/b18-15+. The summed E-state index contributed by atoms with van der Waals surface area (Å²) in [5, 5.41) is 9.28. The Labute approximate surface area is 116 Å². The molecule has 0 bridgehead atoms. The molecule has 0 heterocycles. The monoisotopic (exact) mass is 254 g/mol. The first-order valence-corrected chi connectivity index (χ1v) is 6.83. The second-order valence-electron chi connectivity index (χ2n) is 4.43. The van der Waals surface area contributed by atoms with Gasteiger partial charge >= 0.3 is 0 Å². The summed E-state index contributed by atoms with van der Waals surface area (Å²) in [5.41, 5.74) is 1.85. The number of hydrogen-bond donors (Lipinski definition) is 1. The highest BCUT2D eigenvalue weighted by Crippen LogP contribution is 2.06. The maximum absolute atomic E-state index is 9.28. The van der Waals surface area contributed by atoms with Gasteiger partial charge in [0.2, 0.25) is 0 Å². The molecule has 0 fully saturated rings. The summed E-state index contributed by atoms with van der Waals surface area (Å²) in [6.07, 6.45) is 9.37. The van der Waals surface area contributed by atoms with E-state index in [4.69, 9.17) is 0 Å². The SMILES string of the molecule is C=CCCCCCC#C/C(=C\c1ccccc1)CO. The summed E-state index contributed by atoms with van der Waals surface area (Å²) in [6.45, 7) is 3.70. The molecular weight excluding hydrogens is 232 g/mol. The second-order valence-corrected chi connectivity index (χ2v) is 4.43. The molecular formula is C18H22O. The van der Waals surface area contributed by atoms with Gasteiger partial charge in [-0.2, -0.15) is 0 Å². The van der Waals surface area contributed by atoms with E-state index in [1.165, 1.54) is 12.8 Å². The topological polar surface area (TPSA) is 20.2 Å². The lowest BCUT2D eigenvalue weighted by atomic mass is 10.1. The van der Waals surface area contributed by atoms with Crippen molar-refractivity contribution in [3.8, 4) is 11.8 Å². The summed E-state index contributed by atoms with van der Waals surface area (Å²) in [6, 6.07) is 9.95. The minimum absolute atomic E-state index is 0.00163. The number of rotatable bonds is 7. The molecule has 1 rings (SSSR count). The highest BCUT2D eigenvalue weighted by molar-refractivity contribution is 5.58. The molecule has 1 aromatic rings. The lowest BCUT2D eigenvalue weighted by molar-refractivity contribution is 0.337. The van der Waals surface area contributed by atoms with Gasteiger partial charge in [-0.25, -0.2) is 0 Å². The average molecular weight is 254 g/mol. The maximum atomic E-state index is 9.28. The summed E-state index contributed by atoms with van der Waals surface area (Å²) < 4.78 is 0. The third-order valence-electron chi connectivity index (χ3n) is 2.77. The molecule has 0 amide bonds. The highest BCUT2D eigenvalue weighted by Gasteiger charge is 1.91. The van der Waals surface area contributed by atoms with Crippen molar-refractivity contribution in [2.45, 2.75) is 32.1 Å². The van der Waals surface area contributed by atoms with Gasteiger partial charge in [-0.3, -0.25) is 0 Å². The Balaban J connectivity index is 2.40. The Morgan fingerprint density at radius 2 is 1.95 bits per heavy atom. The van der Waals surface area contributed by atoms with Crippen LogP contribution in [0, 0.1) is 11.8 Å². The molecule has 0 aromatic heterocycles. The van der Waals surface area contributed by atoms with E-state index in [1.54, 1.807) is 0 Å². The lowest BCUT2D eigenvalue weighted by Crippen LogP contribution is -1.87. The first-order chi connectivity index (χ1) is 9.36. The van der Waals surface area contributed by atoms with E-state index in [-0.39, 0.29) is 6.61 Å². The van der Waals surface area contributed by atoms with E-state index in [0.717, 1.165) is 30.4 Å². The quantitative estimate of drug-likeness (QED) is 0.439. The largest absolute Gasteiger partial charge is 0.391 e. The van der Waals surface area contributed by atoms with E-state index in [1.807, 2.05) is 42.5 Å². The number of hydrogen-bond acceptors (Lipinski definition) is 1. The molecule has 0 aliphatic carbocycles. The highest BCUT2D eigenvalue weighted by atomic mass is 16.3. The third kappa shape index (κ3) is 7.28. The van der Waals surface area contributed by atoms with Gasteiger partial charge in [0, 0.05) is 12.0 Å². The number of benzene rings is 1. The van der Waals surface area contributed by atoms with Crippen LogP contribution in [0.1, 0.15) is 37.7 Å². The zero-order chi connectivity index (χ0) is 13.8. The van der Waals surface area contributed by atoms with Crippen LogP contribution in [-0.4, -0.2) is 11.7 Å². The van der Waals surface area contributed by atoms with Crippen LogP contribution in [0.15, 0.2) is 48.6 Å². The van der Waals surface area contributed by atoms with Crippen LogP contribution >= 0.6 is 0 Å². The van der Waals surface area contributed by atoms with E-state index in [0.29, 0.717) is 0 Å². The maximum Gasteiger partial charge on any atom is 0.0760 e. The molecule has 0 aliphatic heterocycles. The molecule has 100 valence electrons. The Morgan fingerprint density at radius 1 is 1.16 bits per heavy atom. The fourth-order valence-electron chi connectivity index (χ4n) is 1.73. The molecule has 0 saturated heterocycles. The van der Waals surface area contributed by atoms with Gasteiger partial charge in [0.15, 0.2) is 0 Å². The molecule has 1 heteroatoms. The van der Waals surface area contributed by atoms with Gasteiger partial charge in [0.25, 0.3) is 0 Å². The second kappa shape index (κ2) is 10.2. The average Bonchev–Trinajstić information content (AvgIpc) is 2.46. The Hall–Kier alpha value is -1.78. The summed E-state index contributed by atoms with van der Waals surface area (Å²) >= 11 is 0. The summed E-state index contributed by atoms with van der Waals surface area (Å²) in [5.74, 6) is 6.18. The zero-order valence-electron chi connectivity index (χ0n) is 11.4. The fraction of sp³-hybridized carbons (Fsp3) is 0.333. The van der Waals surface area contributed by atoms with Crippen LogP contribution in [0.25, 0.3) is 6.08 Å². The fourth-order valence-corrected chi connectivity index (χ4v) is 1.73. The van der Waals surface area contributed by atoms with Gasteiger partial charge in [-0.15, -0.1) is 6.58 Å². The van der Waals surface area contributed by atoms with Crippen molar-refractivity contribution in [3.05, 3.63) is 54.1 Å². The normalized spacial score (nSPS) is 10.7. The first-order valence-electron chi connectivity index (χ1n) is 6.83. The van der Waals surface area contributed by atoms with Crippen LogP contribution in [-0.2, 0) is 0 Å². The molecule has 0 atom stereocenters. The molecule has 1 aromatic carbocycles. The summed E-state index contributed by atoms with van der Waals surface area (Å²) in [4.78, 5) is 0. The number of aliphatic hydroxyl groups excluding tert-OH is 1. The number of allylic oxidation sites excluding steroid dienone is 1. The van der Waals surface area contributed by atoms with E-state index >= 15 is 0 Å². The smallest absolute Gasteiger partial charge is 0.0760 e. The van der Waals surface area contributed by atoms with Crippen molar-refractivity contribution in [3.63, 3.8) is 0 Å². The van der Waals surface area contributed by atoms with Gasteiger partial charge in [-0.1, -0.05) is 54.7 Å². The van der Waals surface area contributed by atoms with Crippen LogP contribution < -0.4 is 0 Å². The van der Waals surface area contributed by atoms with Crippen molar-refractivity contribution in [2.75, 3.05) is 6.61 Å². The molecule has 19 heavy (non-hydrogen) atoms. The molecule has 0 unspecified atom stereocenters. The van der Waals surface area contributed by atoms with Gasteiger partial charge in [0.1, 0.15) is 0 Å². The van der Waals surface area contributed by atoms with Gasteiger partial charge in [0.05, 0.1) is 6.61 Å². The molecule has 1 N–H and O–H groups in total. The number of unbranched alkanes of at least 4 members (excludes halogenated alkanes) is 4. The van der Waals surface area contributed by atoms with E-state index in [2.05, 4.69) is 18.4 Å². The van der Waals surface area contributed by atoms with Crippen LogP contribution in [0.3, 0.4) is 0 Å². The van der Waals surface area contributed by atoms with Gasteiger partial charge < -0.3 is 5.11 Å². The minimum Gasteiger partial charge on any atom is -0.391 e. The van der Waals surface area contributed by atoms with Crippen LogP contribution in [0.4, 0.5) is 0 Å². The van der Waals surface area contributed by atoms with Crippen molar-refractivity contribution in [1.29, 1.82) is 0 Å². The minimum atomic E-state index is -0.00163. The summed E-state index contributed by atoms with van der Waals surface area (Å²) in [7, 11) is 0. The predicted octanol–water partition coefficient (Wildman–Crippen LogP) is 4.20. The van der Waals surface area contributed by atoms with Crippen LogP contribution in [0.2, 0.25) is 0 Å². The predicted molar refractivity (Wildman–Crippen MR) is 82.6 cm³/mol. The number of aliphatic hydroxyl groups is 1. The first kappa shape index (κ1) is 15.3. The van der Waals surface area contributed by atoms with Gasteiger partial charge in [-0.05, 0) is 30.9 Å². The Morgan fingerprint density at radius 3 is 2.63 bits per heavy atom. The van der Waals surface area contributed by atoms with Crippen molar-refractivity contribution >= 4 is 6.08 Å². The van der Waals surface area contributed by atoms with Crippen molar-refractivity contribution in [2.24, 2.45) is 0 Å². The molecule has 0 spiro atoms. The Bertz CT molecular complexity index is 446. The molecule has 0 radical (unpaired) electrons. The van der Waals surface area contributed by atoms with Crippen LogP contribution in [0.5, 0.6) is 0 Å². The van der Waals surface area contributed by atoms with Crippen molar-refractivity contribution in [1.82, 2.24) is 0 Å². The lowest BCUT2D eigenvalue weighted by Gasteiger charge is -1.96. The third-order valence-corrected chi connectivity index (χ3v) is 2.77. The van der Waals surface area contributed by atoms with Crippen molar-refractivity contribution < 1.29 is 5.11 Å². The molecule has 0 aliphatic rings. The Kier molecular flexibility index (Phi) is 8.18. The zero-order valence-corrected chi connectivity index (χ0v) is 11.4. The van der Waals surface area contributed by atoms with E-state index in [9.17, 15) is 5.11 Å². The molecule has 1 nitrogen and oxygen atoms in total. The van der Waals surface area contributed by atoms with E-state index < -0.39 is 0 Å². The molecule has 0 saturated carbocycles.